The molecule has 1 aromatic carbocycles. The molecular weight excluding hydrogens is 606 g/mol. The van der Waals surface area contributed by atoms with Gasteiger partial charge in [0.2, 0.25) is 11.8 Å². The molecule has 262 valence electrons. The Kier molecular flexibility index (Phi) is 13.7. The van der Waals surface area contributed by atoms with Crippen LogP contribution in [0.3, 0.4) is 0 Å². The molecule has 47 heavy (non-hydrogen) atoms. The van der Waals surface area contributed by atoms with Gasteiger partial charge in [0.05, 0.1) is 0 Å². The van der Waals surface area contributed by atoms with Crippen LogP contribution in [0.15, 0.2) is 30.5 Å². The fourth-order valence-electron chi connectivity index (χ4n) is 4.45. The van der Waals surface area contributed by atoms with Crippen LogP contribution in [0, 0.1) is 0 Å². The normalized spacial score (nSPS) is 13.9. The van der Waals surface area contributed by atoms with Crippen LogP contribution < -0.4 is 21.3 Å². The number of nitrogens with one attached hydrogen (secondary N) is 5. The number of ether oxygens (including phenoxy) is 3. The molecule has 0 aliphatic carbocycles. The first-order valence-corrected chi connectivity index (χ1v) is 16.0. The van der Waals surface area contributed by atoms with Gasteiger partial charge in [0.1, 0.15) is 34.9 Å². The fourth-order valence-corrected chi connectivity index (χ4v) is 4.45. The fraction of sp³-hybridized carbons (Fsp3) is 0.618. The minimum atomic E-state index is -1.11. The van der Waals surface area contributed by atoms with Crippen LogP contribution in [0.2, 0.25) is 0 Å². The number of benzene rings is 1. The van der Waals surface area contributed by atoms with Crippen molar-refractivity contribution in [2.45, 2.75) is 130 Å². The zero-order chi connectivity index (χ0) is 35.6. The largest absolute Gasteiger partial charge is 0.458 e. The predicted octanol–water partition coefficient (Wildman–Crippen LogP) is 4.63. The van der Waals surface area contributed by atoms with Crippen LogP contribution in [-0.2, 0) is 35.0 Å². The zero-order valence-corrected chi connectivity index (χ0v) is 29.4. The molecule has 1 aromatic heterocycles. The predicted molar refractivity (Wildman–Crippen MR) is 179 cm³/mol. The Morgan fingerprint density at radius 1 is 0.723 bits per heavy atom. The highest BCUT2D eigenvalue weighted by Gasteiger charge is 2.32. The number of esters is 1. The molecule has 13 nitrogen and oxygen atoms in total. The van der Waals surface area contributed by atoms with E-state index in [1.54, 1.807) is 68.5 Å². The lowest BCUT2D eigenvalue weighted by Crippen LogP contribution is -2.56. The average Bonchev–Trinajstić information content (AvgIpc) is 3.31. The molecular formula is C34H53N5O8. The number of para-hydroxylation sites is 1. The minimum absolute atomic E-state index is 0.0988. The second-order valence-corrected chi connectivity index (χ2v) is 14.5. The number of amides is 4. The van der Waals surface area contributed by atoms with Crippen molar-refractivity contribution in [2.24, 2.45) is 0 Å². The maximum atomic E-state index is 13.8. The van der Waals surface area contributed by atoms with Gasteiger partial charge in [0.25, 0.3) is 0 Å². The van der Waals surface area contributed by atoms with Gasteiger partial charge in [-0.3, -0.25) is 9.59 Å². The van der Waals surface area contributed by atoms with E-state index in [-0.39, 0.29) is 12.8 Å². The first-order chi connectivity index (χ1) is 21.6. The van der Waals surface area contributed by atoms with E-state index in [1.165, 1.54) is 6.92 Å². The third-order valence-electron chi connectivity index (χ3n) is 6.45. The molecule has 0 spiro atoms. The van der Waals surface area contributed by atoms with E-state index in [2.05, 4.69) is 26.3 Å². The number of alkyl carbamates (subject to hydrolysis) is 2. The number of unbranched alkanes of at least 4 members (excludes halogenated alkanes) is 1. The zero-order valence-electron chi connectivity index (χ0n) is 29.4. The molecule has 0 aliphatic rings. The van der Waals surface area contributed by atoms with Gasteiger partial charge in [-0.15, -0.1) is 0 Å². The molecule has 0 saturated carbocycles. The third-order valence-corrected chi connectivity index (χ3v) is 6.45. The van der Waals surface area contributed by atoms with Crippen molar-refractivity contribution in [3.8, 4) is 0 Å². The van der Waals surface area contributed by atoms with Gasteiger partial charge in [-0.2, -0.15) is 0 Å². The summed E-state index contributed by atoms with van der Waals surface area (Å²) < 4.78 is 16.1. The van der Waals surface area contributed by atoms with Crippen LogP contribution in [0.25, 0.3) is 10.9 Å². The van der Waals surface area contributed by atoms with Crippen LogP contribution in [0.4, 0.5) is 9.59 Å². The molecule has 2 rings (SSSR count). The SMILES string of the molecule is C[C@@H](NC(=O)OC(C)(C)C)C(=O)N[C@@H](Cc1c[nH]c2ccccc12)C(=O)N[C@@H](CCCCNC(=O)OC(C)(C)C)C(=O)OC(C)(C)C. The number of carbonyl (C=O) groups excluding carboxylic acids is 5. The highest BCUT2D eigenvalue weighted by molar-refractivity contribution is 5.94. The van der Waals surface area contributed by atoms with Gasteiger partial charge < -0.3 is 40.5 Å². The topological polar surface area (TPSA) is 177 Å². The Morgan fingerprint density at radius 3 is 1.91 bits per heavy atom. The van der Waals surface area contributed by atoms with Crippen molar-refractivity contribution in [1.82, 2.24) is 26.3 Å². The molecule has 0 fully saturated rings. The van der Waals surface area contributed by atoms with Crippen LogP contribution in [0.5, 0.6) is 0 Å². The molecule has 4 amide bonds. The first kappa shape index (κ1) is 38.9. The summed E-state index contributed by atoms with van der Waals surface area (Å²) in [4.78, 5) is 67.7. The first-order valence-electron chi connectivity index (χ1n) is 16.0. The molecule has 0 bridgehead atoms. The third kappa shape index (κ3) is 14.8. The number of hydrogen-bond acceptors (Lipinski definition) is 8. The number of fused-ring (bicyclic) bond motifs is 1. The van der Waals surface area contributed by atoms with E-state index in [9.17, 15) is 24.0 Å². The van der Waals surface area contributed by atoms with Crippen molar-refractivity contribution in [1.29, 1.82) is 0 Å². The lowest BCUT2D eigenvalue weighted by atomic mass is 10.0. The highest BCUT2D eigenvalue weighted by atomic mass is 16.6. The minimum Gasteiger partial charge on any atom is -0.458 e. The van der Waals surface area contributed by atoms with Crippen molar-refractivity contribution in [2.75, 3.05) is 6.54 Å². The second-order valence-electron chi connectivity index (χ2n) is 14.5. The van der Waals surface area contributed by atoms with Gasteiger partial charge in [0, 0.05) is 30.1 Å². The quantitative estimate of drug-likeness (QED) is 0.117. The van der Waals surface area contributed by atoms with Gasteiger partial charge in [-0.25, -0.2) is 14.4 Å². The van der Waals surface area contributed by atoms with E-state index < -0.39 is 64.9 Å². The van der Waals surface area contributed by atoms with Gasteiger partial charge in [-0.05, 0) is 100 Å². The number of aromatic nitrogens is 1. The molecule has 3 atom stereocenters. The van der Waals surface area contributed by atoms with E-state index in [1.807, 2.05) is 24.3 Å². The Morgan fingerprint density at radius 2 is 1.30 bits per heavy atom. The summed E-state index contributed by atoms with van der Waals surface area (Å²) in [5.74, 6) is -1.84. The van der Waals surface area contributed by atoms with Crippen LogP contribution in [0.1, 0.15) is 94.1 Å². The molecule has 2 aromatic rings. The second kappa shape index (κ2) is 16.5. The Balaban J connectivity index is 2.22. The smallest absolute Gasteiger partial charge is 0.408 e. The van der Waals surface area contributed by atoms with Crippen molar-refractivity contribution >= 4 is 40.9 Å². The molecule has 5 N–H and O–H groups in total. The molecule has 13 heteroatoms. The summed E-state index contributed by atoms with van der Waals surface area (Å²) in [5.41, 5.74) is -0.562. The van der Waals surface area contributed by atoms with Gasteiger partial charge >= 0.3 is 18.2 Å². The number of aromatic amines is 1. The summed E-state index contributed by atoms with van der Waals surface area (Å²) in [7, 11) is 0. The maximum Gasteiger partial charge on any atom is 0.408 e. The van der Waals surface area contributed by atoms with E-state index in [4.69, 9.17) is 14.2 Å². The standard InChI is InChI=1S/C34H53N5O8/c1-21(37-31(44)47-34(8,9)10)27(40)39-26(19-22-20-36-24-16-12-11-15-23(22)24)28(41)38-25(29(42)45-32(2,3)4)17-13-14-18-35-30(43)46-33(5,6)7/h11-12,15-16,20-21,25-26,36H,13-14,17-19H2,1-10H3,(H,35,43)(H,37,44)(H,38,41)(H,39,40)/t21-,25+,26+/m1/s1. The van der Waals surface area contributed by atoms with Crippen molar-refractivity contribution in [3.63, 3.8) is 0 Å². The lowest BCUT2D eigenvalue weighted by molar-refractivity contribution is -0.159. The summed E-state index contributed by atoms with van der Waals surface area (Å²) in [6.45, 7) is 17.4. The molecule has 0 unspecified atom stereocenters. The maximum absolute atomic E-state index is 13.8. The number of rotatable bonds is 13. The number of carbonyl (C=O) groups is 5. The van der Waals surface area contributed by atoms with Gasteiger partial charge in [0.15, 0.2) is 0 Å². The number of hydrogen-bond donors (Lipinski definition) is 5. The Labute approximate surface area is 277 Å². The van der Waals surface area contributed by atoms with E-state index in [0.29, 0.717) is 19.4 Å². The summed E-state index contributed by atoms with van der Waals surface area (Å²) in [6.07, 6.45) is 1.75. The molecule has 1 heterocycles. The lowest BCUT2D eigenvalue weighted by Gasteiger charge is -2.27. The molecule has 0 radical (unpaired) electrons. The monoisotopic (exact) mass is 659 g/mol. The van der Waals surface area contributed by atoms with Crippen LogP contribution in [-0.4, -0.2) is 76.4 Å². The summed E-state index contributed by atoms with van der Waals surface area (Å²) in [6, 6.07) is 4.40. The van der Waals surface area contributed by atoms with Crippen molar-refractivity contribution < 1.29 is 38.2 Å². The summed E-state index contributed by atoms with van der Waals surface area (Å²) in [5, 5.41) is 11.6. The van der Waals surface area contributed by atoms with E-state index in [0.717, 1.165) is 16.5 Å². The molecule has 0 saturated heterocycles. The Hall–Kier alpha value is -4.29. The van der Waals surface area contributed by atoms with Crippen LogP contribution >= 0.6 is 0 Å². The molecule has 0 aliphatic heterocycles. The van der Waals surface area contributed by atoms with Gasteiger partial charge in [-0.1, -0.05) is 18.2 Å². The summed E-state index contributed by atoms with van der Waals surface area (Å²) >= 11 is 0. The van der Waals surface area contributed by atoms with E-state index >= 15 is 0 Å². The Bertz CT molecular complexity index is 1380. The number of H-pyrrole nitrogens is 1. The average molecular weight is 660 g/mol. The van der Waals surface area contributed by atoms with Crippen molar-refractivity contribution in [3.05, 3.63) is 36.0 Å². The highest BCUT2D eigenvalue weighted by Crippen LogP contribution is 2.20.